The van der Waals surface area contributed by atoms with Crippen LogP contribution in [-0.2, 0) is 0 Å². The van der Waals surface area contributed by atoms with Gasteiger partial charge in [0.15, 0.2) is 5.82 Å². The fourth-order valence-electron chi connectivity index (χ4n) is 7.04. The van der Waals surface area contributed by atoms with E-state index < -0.39 is 0 Å². The van der Waals surface area contributed by atoms with Crippen molar-refractivity contribution in [3.05, 3.63) is 47.8 Å². The zero-order chi connectivity index (χ0) is 26.6. The molecule has 4 rings (SSSR count). The van der Waals surface area contributed by atoms with Crippen molar-refractivity contribution in [2.24, 2.45) is 11.3 Å². The van der Waals surface area contributed by atoms with E-state index in [4.69, 9.17) is 9.97 Å². The van der Waals surface area contributed by atoms with Crippen molar-refractivity contribution < 1.29 is 0 Å². The van der Waals surface area contributed by atoms with Crippen molar-refractivity contribution in [2.45, 2.75) is 141 Å². The smallest absolute Gasteiger partial charge is 0.159 e. The summed E-state index contributed by atoms with van der Waals surface area (Å²) in [4.78, 5) is 9.56. The molecule has 206 valence electrons. The molecule has 3 heteroatoms. The van der Waals surface area contributed by atoms with Crippen LogP contribution in [0.4, 0.5) is 0 Å². The minimum Gasteiger partial charge on any atom is -0.236 e. The summed E-state index contributed by atoms with van der Waals surface area (Å²) in [6.07, 6.45) is 27.2. The topological polar surface area (TPSA) is 49.6 Å². The molecule has 1 heterocycles. The van der Waals surface area contributed by atoms with Crippen LogP contribution in [0.15, 0.2) is 36.7 Å². The Bertz CT molecular complexity index is 971. The fourth-order valence-corrected chi connectivity index (χ4v) is 7.04. The summed E-state index contributed by atoms with van der Waals surface area (Å²) in [5, 5.41) is 9.80. The van der Waals surface area contributed by atoms with E-state index in [2.05, 4.69) is 56.6 Å². The highest BCUT2D eigenvalue weighted by molar-refractivity contribution is 5.55. The van der Waals surface area contributed by atoms with Crippen LogP contribution in [-0.4, -0.2) is 9.97 Å². The molecule has 2 aromatic rings. The molecule has 1 aromatic heterocycles. The molecule has 0 bridgehead atoms. The van der Waals surface area contributed by atoms with Gasteiger partial charge in [0.1, 0.15) is 0 Å². The lowest BCUT2D eigenvalue weighted by Gasteiger charge is -2.35. The highest BCUT2D eigenvalue weighted by atomic mass is 14.9. The second-order valence-electron chi connectivity index (χ2n) is 12.5. The van der Waals surface area contributed by atoms with E-state index in [0.717, 1.165) is 49.4 Å². The first-order valence-electron chi connectivity index (χ1n) is 16.0. The van der Waals surface area contributed by atoms with E-state index in [1.165, 1.54) is 94.6 Å². The standard InChI is InChI=1S/C35H51N3/c1-3-5-7-8-9-10-11-28-12-14-30(15-13-28)33-25-37-34(38-26-33)32-18-16-29(17-19-32)31-20-23-35(27-36,24-21-31)22-6-4-2/h16-19,25-26,28,30-31H,3-15,20-24H2,1-2H3/t28-,30-,31-,35-. The van der Waals surface area contributed by atoms with Crippen LogP contribution in [0, 0.1) is 22.7 Å². The van der Waals surface area contributed by atoms with Crippen molar-refractivity contribution in [2.75, 3.05) is 0 Å². The third-order valence-electron chi connectivity index (χ3n) is 9.78. The molecular formula is C35H51N3. The average molecular weight is 514 g/mol. The molecule has 2 aliphatic carbocycles. The van der Waals surface area contributed by atoms with E-state index in [9.17, 15) is 5.26 Å². The summed E-state index contributed by atoms with van der Waals surface area (Å²) in [6.45, 7) is 4.51. The van der Waals surface area contributed by atoms with Gasteiger partial charge in [0.2, 0.25) is 0 Å². The second-order valence-corrected chi connectivity index (χ2v) is 12.5. The SMILES string of the molecule is CCCCCCCC[C@H]1CC[C@H](c2cnc(-c3ccc([C@H]4CC[C@@](C#N)(CCCC)CC4)cc3)nc2)CC1. The first-order chi connectivity index (χ1) is 18.7. The van der Waals surface area contributed by atoms with Gasteiger partial charge in [0, 0.05) is 18.0 Å². The third kappa shape index (κ3) is 7.91. The van der Waals surface area contributed by atoms with Crippen molar-refractivity contribution >= 4 is 0 Å². The summed E-state index contributed by atoms with van der Waals surface area (Å²) < 4.78 is 0. The predicted octanol–water partition coefficient (Wildman–Crippen LogP) is 10.5. The molecular weight excluding hydrogens is 462 g/mol. The Morgan fingerprint density at radius 2 is 1.34 bits per heavy atom. The minimum absolute atomic E-state index is 0.0742. The zero-order valence-corrected chi connectivity index (χ0v) is 24.3. The number of nitriles is 1. The molecule has 0 amide bonds. The molecule has 2 saturated carbocycles. The number of hydrogen-bond donors (Lipinski definition) is 0. The lowest BCUT2D eigenvalue weighted by molar-refractivity contribution is 0.224. The summed E-state index contributed by atoms with van der Waals surface area (Å²) in [5.74, 6) is 2.99. The number of benzene rings is 1. The molecule has 0 aliphatic heterocycles. The molecule has 0 radical (unpaired) electrons. The van der Waals surface area contributed by atoms with Gasteiger partial charge in [-0.2, -0.15) is 5.26 Å². The van der Waals surface area contributed by atoms with Crippen LogP contribution in [0.1, 0.15) is 152 Å². The Kier molecular flexibility index (Phi) is 11.2. The van der Waals surface area contributed by atoms with E-state index in [0.29, 0.717) is 11.8 Å². The van der Waals surface area contributed by atoms with Crippen LogP contribution in [0.5, 0.6) is 0 Å². The van der Waals surface area contributed by atoms with Gasteiger partial charge in [-0.25, -0.2) is 9.97 Å². The molecule has 0 N–H and O–H groups in total. The number of hydrogen-bond acceptors (Lipinski definition) is 3. The Morgan fingerprint density at radius 3 is 1.97 bits per heavy atom. The van der Waals surface area contributed by atoms with Crippen molar-refractivity contribution in [3.8, 4) is 17.5 Å². The predicted molar refractivity (Wildman–Crippen MR) is 159 cm³/mol. The maximum atomic E-state index is 9.80. The molecule has 0 spiro atoms. The third-order valence-corrected chi connectivity index (χ3v) is 9.78. The van der Waals surface area contributed by atoms with E-state index in [-0.39, 0.29) is 5.41 Å². The van der Waals surface area contributed by atoms with Gasteiger partial charge in [-0.1, -0.05) is 95.9 Å². The highest BCUT2D eigenvalue weighted by Crippen LogP contribution is 2.45. The van der Waals surface area contributed by atoms with Gasteiger partial charge in [-0.15, -0.1) is 0 Å². The minimum atomic E-state index is -0.0742. The van der Waals surface area contributed by atoms with Gasteiger partial charge >= 0.3 is 0 Å². The van der Waals surface area contributed by atoms with Gasteiger partial charge in [-0.3, -0.25) is 0 Å². The first-order valence-corrected chi connectivity index (χ1v) is 16.0. The van der Waals surface area contributed by atoms with Crippen molar-refractivity contribution in [1.29, 1.82) is 5.26 Å². The maximum Gasteiger partial charge on any atom is 0.159 e. The Hall–Kier alpha value is -2.21. The average Bonchev–Trinajstić information content (AvgIpc) is 2.99. The molecule has 1 aromatic carbocycles. The molecule has 0 atom stereocenters. The lowest BCUT2D eigenvalue weighted by Crippen LogP contribution is -2.25. The quantitative estimate of drug-likeness (QED) is 0.250. The zero-order valence-electron chi connectivity index (χ0n) is 24.3. The Morgan fingerprint density at radius 1 is 0.737 bits per heavy atom. The van der Waals surface area contributed by atoms with Gasteiger partial charge < -0.3 is 0 Å². The van der Waals surface area contributed by atoms with Crippen LogP contribution in [0.25, 0.3) is 11.4 Å². The highest BCUT2D eigenvalue weighted by Gasteiger charge is 2.35. The van der Waals surface area contributed by atoms with E-state index in [1.807, 2.05) is 0 Å². The molecule has 0 saturated heterocycles. The van der Waals surface area contributed by atoms with Crippen LogP contribution in [0.3, 0.4) is 0 Å². The summed E-state index contributed by atoms with van der Waals surface area (Å²) in [5.41, 5.74) is 3.77. The normalized spacial score (nSPS) is 25.7. The van der Waals surface area contributed by atoms with Gasteiger partial charge in [0.25, 0.3) is 0 Å². The van der Waals surface area contributed by atoms with Crippen molar-refractivity contribution in [3.63, 3.8) is 0 Å². The number of nitrogens with zero attached hydrogens (tertiary/aromatic N) is 3. The maximum absolute atomic E-state index is 9.80. The largest absolute Gasteiger partial charge is 0.236 e. The van der Waals surface area contributed by atoms with E-state index >= 15 is 0 Å². The first kappa shape index (κ1) is 28.8. The molecule has 2 aliphatic rings. The van der Waals surface area contributed by atoms with Crippen LogP contribution < -0.4 is 0 Å². The monoisotopic (exact) mass is 513 g/mol. The van der Waals surface area contributed by atoms with Crippen LogP contribution in [0.2, 0.25) is 0 Å². The number of aromatic nitrogens is 2. The Balaban J connectivity index is 1.23. The molecule has 3 nitrogen and oxygen atoms in total. The molecule has 2 fully saturated rings. The lowest BCUT2D eigenvalue weighted by atomic mass is 9.67. The summed E-state index contributed by atoms with van der Waals surface area (Å²) >= 11 is 0. The fraction of sp³-hybridized carbons (Fsp3) is 0.686. The summed E-state index contributed by atoms with van der Waals surface area (Å²) in [7, 11) is 0. The van der Waals surface area contributed by atoms with Crippen molar-refractivity contribution in [1.82, 2.24) is 9.97 Å². The van der Waals surface area contributed by atoms with Gasteiger partial charge in [-0.05, 0) is 86.7 Å². The molecule has 38 heavy (non-hydrogen) atoms. The van der Waals surface area contributed by atoms with Crippen LogP contribution >= 0.6 is 0 Å². The van der Waals surface area contributed by atoms with Gasteiger partial charge in [0.05, 0.1) is 11.5 Å². The number of unbranched alkanes of at least 4 members (excludes halogenated alkanes) is 6. The Labute approximate surface area is 232 Å². The van der Waals surface area contributed by atoms with E-state index in [1.54, 1.807) is 0 Å². The number of rotatable bonds is 13. The second kappa shape index (κ2) is 14.8. The summed E-state index contributed by atoms with van der Waals surface area (Å²) in [6, 6.07) is 11.6. The molecule has 0 unspecified atom stereocenters.